The van der Waals surface area contributed by atoms with Gasteiger partial charge in [0, 0.05) is 11.1 Å². The van der Waals surface area contributed by atoms with Gasteiger partial charge < -0.3 is 15.6 Å². The lowest BCUT2D eigenvalue weighted by molar-refractivity contribution is 0.0292. The molecule has 2 amide bonds. The fourth-order valence-corrected chi connectivity index (χ4v) is 2.64. The van der Waals surface area contributed by atoms with Gasteiger partial charge in [0.15, 0.2) is 0 Å². The van der Waals surface area contributed by atoms with E-state index in [0.29, 0.717) is 4.90 Å². The smallest absolute Gasteiger partial charge is 0.262 e. The summed E-state index contributed by atoms with van der Waals surface area (Å²) in [6.07, 6.45) is 0. The average Bonchev–Trinajstić information content (AvgIpc) is 2.55. The molecule has 3 rings (SSSR count). The highest BCUT2D eigenvalue weighted by Gasteiger charge is 2.33. The number of benzene rings is 2. The molecule has 24 heavy (non-hydrogen) atoms. The summed E-state index contributed by atoms with van der Waals surface area (Å²) in [5, 5.41) is 48.6. The first kappa shape index (κ1) is 15.7. The molecule has 2 aromatic rings. The Bertz CT molecular complexity index is 855. The molecule has 2 aromatic carbocycles. The van der Waals surface area contributed by atoms with Crippen molar-refractivity contribution in [3.05, 3.63) is 45.8 Å². The molecular formula is C14H8N4O6-2. The highest BCUT2D eigenvalue weighted by molar-refractivity contribution is 6.26. The van der Waals surface area contributed by atoms with E-state index >= 15 is 0 Å². The molecule has 1 heterocycles. The van der Waals surface area contributed by atoms with E-state index in [1.807, 2.05) is 0 Å². The Hall–Kier alpha value is -3.23. The summed E-state index contributed by atoms with van der Waals surface area (Å²) in [5.41, 5.74) is -0.778. The van der Waals surface area contributed by atoms with Crippen LogP contribution in [0.5, 0.6) is 0 Å². The Kier molecular flexibility index (Phi) is 3.55. The van der Waals surface area contributed by atoms with Gasteiger partial charge in [0.05, 0.1) is 22.9 Å². The molecule has 0 unspecified atom stereocenters. The molecule has 1 aliphatic heterocycles. The van der Waals surface area contributed by atoms with Crippen LogP contribution in [-0.4, -0.2) is 33.7 Å². The minimum Gasteiger partial charge on any atom is -0.769 e. The lowest BCUT2D eigenvalue weighted by Crippen LogP contribution is -2.40. The van der Waals surface area contributed by atoms with Crippen LogP contribution in [-0.2, 0) is 0 Å². The van der Waals surface area contributed by atoms with Crippen molar-refractivity contribution in [2.24, 2.45) is 0 Å². The molecule has 0 aromatic heterocycles. The monoisotopic (exact) mass is 328 g/mol. The number of rotatable bonds is 3. The number of nitrogens with zero attached hydrogens (tertiary/aromatic N) is 4. The quantitative estimate of drug-likeness (QED) is 0.482. The van der Waals surface area contributed by atoms with Crippen molar-refractivity contribution in [3.8, 4) is 6.07 Å². The standard InChI is InChI=1S/C14H8N4O6/c15-1-2-16-13(19)10-5-8(17(21)22)3-7-4-9(18(23)24)6-11(12(7)10)14(16)20/h3-6,21-22H,2H2/q-2. The largest absolute Gasteiger partial charge is 0.769 e. The summed E-state index contributed by atoms with van der Waals surface area (Å²) < 4.78 is 0. The number of amides is 2. The second-order valence-electron chi connectivity index (χ2n) is 4.99. The highest BCUT2D eigenvalue weighted by Crippen LogP contribution is 2.36. The van der Waals surface area contributed by atoms with Gasteiger partial charge in [0.1, 0.15) is 6.54 Å². The number of nitriles is 1. The maximum absolute atomic E-state index is 12.4. The number of carbonyl (C=O) groups excluding carboxylic acids is 2. The average molecular weight is 328 g/mol. The normalized spacial score (nSPS) is 13.2. The van der Waals surface area contributed by atoms with Crippen LogP contribution in [0, 0.1) is 21.7 Å². The Labute approximate surface area is 134 Å². The number of hydrogen-bond donors (Lipinski definition) is 2. The molecule has 1 aliphatic rings. The SMILES string of the molecule is N#CCN1C(=O)c2cc(N([O-])[O-])cc3cc(N(O)O)cc(c23)C1=O. The first-order chi connectivity index (χ1) is 11.3. The highest BCUT2D eigenvalue weighted by atomic mass is 16.8. The van der Waals surface area contributed by atoms with Crippen molar-refractivity contribution >= 4 is 34.0 Å². The molecule has 122 valence electrons. The molecule has 0 saturated heterocycles. The van der Waals surface area contributed by atoms with Gasteiger partial charge in [0.25, 0.3) is 11.8 Å². The molecule has 0 aliphatic carbocycles. The molecule has 0 atom stereocenters. The van der Waals surface area contributed by atoms with E-state index in [2.05, 4.69) is 0 Å². The fraction of sp³-hybridized carbons (Fsp3) is 0.0714. The Morgan fingerprint density at radius 2 is 1.58 bits per heavy atom. The van der Waals surface area contributed by atoms with E-state index in [1.165, 1.54) is 6.07 Å². The van der Waals surface area contributed by atoms with Gasteiger partial charge >= 0.3 is 0 Å². The lowest BCUT2D eigenvalue weighted by atomic mass is 9.92. The third-order valence-corrected chi connectivity index (χ3v) is 3.64. The summed E-state index contributed by atoms with van der Waals surface area (Å²) in [7, 11) is 0. The topological polar surface area (TPSA) is 154 Å². The van der Waals surface area contributed by atoms with Crippen molar-refractivity contribution in [1.82, 2.24) is 4.90 Å². The Morgan fingerprint density at radius 1 is 1.04 bits per heavy atom. The maximum atomic E-state index is 12.4. The van der Waals surface area contributed by atoms with Gasteiger partial charge in [-0.15, -0.1) is 5.23 Å². The minimum atomic E-state index is -0.819. The lowest BCUT2D eigenvalue weighted by Gasteiger charge is -2.38. The zero-order valence-electron chi connectivity index (χ0n) is 11.8. The van der Waals surface area contributed by atoms with Crippen molar-refractivity contribution < 1.29 is 20.0 Å². The molecule has 0 saturated carbocycles. The number of anilines is 2. The van der Waals surface area contributed by atoms with E-state index in [-0.39, 0.29) is 32.8 Å². The summed E-state index contributed by atoms with van der Waals surface area (Å²) in [6.45, 7) is -0.534. The minimum absolute atomic E-state index is 0.0599. The third-order valence-electron chi connectivity index (χ3n) is 3.64. The van der Waals surface area contributed by atoms with Gasteiger partial charge in [-0.2, -0.15) is 5.26 Å². The maximum Gasteiger partial charge on any atom is 0.262 e. The predicted octanol–water partition coefficient (Wildman–Crippen LogP) is 1.35. The van der Waals surface area contributed by atoms with Gasteiger partial charge in [-0.05, 0) is 29.7 Å². The van der Waals surface area contributed by atoms with Crippen molar-refractivity contribution in [3.63, 3.8) is 0 Å². The summed E-state index contributed by atoms with van der Waals surface area (Å²) in [5.74, 6) is -1.61. The summed E-state index contributed by atoms with van der Waals surface area (Å²) in [6, 6.07) is 6.14. The van der Waals surface area contributed by atoms with Crippen molar-refractivity contribution in [2.45, 2.75) is 0 Å². The number of hydrogen-bond acceptors (Lipinski definition) is 9. The van der Waals surface area contributed by atoms with Crippen molar-refractivity contribution in [2.75, 3.05) is 17.0 Å². The molecule has 0 spiro atoms. The van der Waals surface area contributed by atoms with Crippen LogP contribution in [0.25, 0.3) is 10.8 Å². The Balaban J connectivity index is 2.40. The molecular weight excluding hydrogens is 320 g/mol. The molecule has 0 bridgehead atoms. The number of imide groups is 1. The Morgan fingerprint density at radius 3 is 2.08 bits per heavy atom. The second-order valence-corrected chi connectivity index (χ2v) is 4.99. The van der Waals surface area contributed by atoms with E-state index in [1.54, 1.807) is 6.07 Å². The first-order valence-electron chi connectivity index (χ1n) is 6.52. The van der Waals surface area contributed by atoms with Gasteiger partial charge in [-0.3, -0.25) is 24.9 Å². The van der Waals surface area contributed by atoms with Crippen LogP contribution in [0.4, 0.5) is 11.4 Å². The molecule has 10 heteroatoms. The van der Waals surface area contributed by atoms with Crippen LogP contribution < -0.4 is 10.5 Å². The zero-order valence-corrected chi connectivity index (χ0v) is 11.8. The summed E-state index contributed by atoms with van der Waals surface area (Å²) in [4.78, 5) is 25.5. The van der Waals surface area contributed by atoms with E-state index in [0.717, 1.165) is 18.2 Å². The van der Waals surface area contributed by atoms with E-state index in [9.17, 15) is 30.4 Å². The van der Waals surface area contributed by atoms with Crippen molar-refractivity contribution in [1.29, 1.82) is 5.26 Å². The van der Waals surface area contributed by atoms with Gasteiger partial charge in [-0.25, -0.2) is 0 Å². The van der Waals surface area contributed by atoms with Gasteiger partial charge in [-0.1, -0.05) is 0 Å². The van der Waals surface area contributed by atoms with E-state index < -0.39 is 29.3 Å². The molecule has 0 fully saturated rings. The predicted molar refractivity (Wildman–Crippen MR) is 80.2 cm³/mol. The zero-order chi connectivity index (χ0) is 17.6. The van der Waals surface area contributed by atoms with E-state index in [4.69, 9.17) is 5.26 Å². The van der Waals surface area contributed by atoms with Crippen LogP contribution >= 0.6 is 0 Å². The molecule has 0 radical (unpaired) electrons. The third kappa shape index (κ3) is 2.21. The van der Waals surface area contributed by atoms with Crippen LogP contribution in [0.3, 0.4) is 0 Å². The fourth-order valence-electron chi connectivity index (χ4n) is 2.64. The second kappa shape index (κ2) is 5.44. The van der Waals surface area contributed by atoms with Crippen LogP contribution in [0.1, 0.15) is 20.7 Å². The van der Waals surface area contributed by atoms with Crippen LogP contribution in [0.2, 0.25) is 0 Å². The molecule has 2 N–H and O–H groups in total. The number of carbonyl (C=O) groups is 2. The summed E-state index contributed by atoms with van der Waals surface area (Å²) >= 11 is 0. The molecule has 10 nitrogen and oxygen atoms in total. The first-order valence-corrected chi connectivity index (χ1v) is 6.52. The van der Waals surface area contributed by atoms with Crippen LogP contribution in [0.15, 0.2) is 24.3 Å². The van der Waals surface area contributed by atoms with Gasteiger partial charge in [0.2, 0.25) is 0 Å².